The summed E-state index contributed by atoms with van der Waals surface area (Å²) in [6, 6.07) is 72.2. The zero-order valence-electron chi connectivity index (χ0n) is 32.4. The minimum atomic E-state index is 1.21. The van der Waals surface area contributed by atoms with Gasteiger partial charge in [0.05, 0.1) is 0 Å². The Balaban J connectivity index is 1.20. The monoisotopic (exact) mass is 738 g/mol. The van der Waals surface area contributed by atoms with Gasteiger partial charge in [-0.2, -0.15) is 0 Å². The topological polar surface area (TPSA) is 9.86 Å². The van der Waals surface area contributed by atoms with Gasteiger partial charge in [0.2, 0.25) is 0 Å². The van der Waals surface area contributed by atoms with Crippen molar-refractivity contribution in [2.24, 2.45) is 14.1 Å². The Morgan fingerprint density at radius 1 is 0.259 bits per heavy atom. The van der Waals surface area contributed by atoms with Gasteiger partial charge in [-0.05, 0) is 119 Å². The number of nitrogens with zero attached hydrogens (tertiary/aromatic N) is 2. The molecule has 0 aliphatic heterocycles. The highest BCUT2D eigenvalue weighted by atomic mass is 14.9. The molecule has 12 rings (SSSR count). The number of hydrogen-bond donors (Lipinski definition) is 0. The van der Waals surface area contributed by atoms with E-state index in [-0.39, 0.29) is 0 Å². The van der Waals surface area contributed by atoms with Crippen molar-refractivity contribution < 1.29 is 0 Å². The molecule has 0 radical (unpaired) electrons. The van der Waals surface area contributed by atoms with Crippen LogP contribution in [-0.2, 0) is 14.1 Å². The lowest BCUT2D eigenvalue weighted by Crippen LogP contribution is -1.93. The van der Waals surface area contributed by atoms with Crippen LogP contribution in [0.1, 0.15) is 0 Å². The molecule has 0 spiro atoms. The first kappa shape index (κ1) is 32.8. The molecule has 0 aliphatic rings. The van der Waals surface area contributed by atoms with Gasteiger partial charge < -0.3 is 9.13 Å². The maximum Gasteiger partial charge on any atom is 0.0494 e. The molecule has 0 atom stereocenters. The van der Waals surface area contributed by atoms with Crippen molar-refractivity contribution in [3.63, 3.8) is 0 Å². The first-order chi connectivity index (χ1) is 28.6. The fourth-order valence-electron chi connectivity index (χ4n) is 9.93. The largest absolute Gasteiger partial charge is 0.344 e. The number of rotatable bonds is 4. The van der Waals surface area contributed by atoms with Crippen LogP contribution in [0.3, 0.4) is 0 Å². The van der Waals surface area contributed by atoms with Gasteiger partial charge in [-0.3, -0.25) is 0 Å². The molecule has 2 aromatic heterocycles. The van der Waals surface area contributed by atoms with Crippen LogP contribution >= 0.6 is 0 Å². The van der Waals surface area contributed by atoms with Gasteiger partial charge in [0.25, 0.3) is 0 Å². The number of aromatic nitrogens is 2. The van der Waals surface area contributed by atoms with Gasteiger partial charge in [0.15, 0.2) is 0 Å². The van der Waals surface area contributed by atoms with E-state index in [9.17, 15) is 0 Å². The van der Waals surface area contributed by atoms with Gasteiger partial charge in [0, 0.05) is 57.7 Å². The number of hydrogen-bond acceptors (Lipinski definition) is 0. The molecule has 0 saturated carbocycles. The van der Waals surface area contributed by atoms with Gasteiger partial charge in [-0.1, -0.05) is 152 Å². The second kappa shape index (κ2) is 12.5. The lowest BCUT2D eigenvalue weighted by Gasteiger charge is -2.19. The average molecular weight is 739 g/mol. The van der Waals surface area contributed by atoms with E-state index in [4.69, 9.17) is 0 Å². The standard InChI is InChI=1S/C56H38N2/c1-57-52-24-10-8-18-43(52)45-28-26-37(32-54(45)57)40-20-12-22-47-49(40)34-50-41(38-27-29-46-44-19-9-11-25-53(44)58(2)55(46)33-38)21-13-23-48(50)56(47)51-31-39(35-14-4-3-5-15-35)30-36-16-6-7-17-42(36)51/h3-34H,1-2H3. The Kier molecular flexibility index (Phi) is 7.09. The van der Waals surface area contributed by atoms with Crippen molar-refractivity contribution in [3.05, 3.63) is 194 Å². The molecule has 0 fully saturated rings. The molecular weight excluding hydrogens is 701 g/mol. The van der Waals surface area contributed by atoms with Crippen molar-refractivity contribution in [2.75, 3.05) is 0 Å². The fraction of sp³-hybridized carbons (Fsp3) is 0.0357. The van der Waals surface area contributed by atoms with Crippen molar-refractivity contribution in [1.82, 2.24) is 9.13 Å². The summed E-state index contributed by atoms with van der Waals surface area (Å²) in [7, 11) is 4.37. The maximum atomic E-state index is 2.47. The summed E-state index contributed by atoms with van der Waals surface area (Å²) in [5, 5.41) is 12.6. The van der Waals surface area contributed by atoms with Crippen LogP contribution in [0.15, 0.2) is 194 Å². The van der Waals surface area contributed by atoms with E-state index in [0.29, 0.717) is 0 Å². The van der Waals surface area contributed by atoms with Crippen LogP contribution in [0.4, 0.5) is 0 Å². The molecule has 0 aliphatic carbocycles. The summed E-state index contributed by atoms with van der Waals surface area (Å²) in [5.41, 5.74) is 14.8. The minimum Gasteiger partial charge on any atom is -0.344 e. The average Bonchev–Trinajstić information content (AvgIpc) is 3.74. The van der Waals surface area contributed by atoms with Gasteiger partial charge in [-0.25, -0.2) is 0 Å². The smallest absolute Gasteiger partial charge is 0.0494 e. The van der Waals surface area contributed by atoms with Crippen LogP contribution in [0.25, 0.3) is 120 Å². The zero-order chi connectivity index (χ0) is 38.5. The molecule has 2 nitrogen and oxygen atoms in total. The first-order valence-electron chi connectivity index (χ1n) is 20.1. The molecular formula is C56H38N2. The number of fused-ring (bicyclic) bond motifs is 9. The summed E-state index contributed by atoms with van der Waals surface area (Å²) in [6.07, 6.45) is 0. The minimum absolute atomic E-state index is 1.21. The molecule has 10 aromatic carbocycles. The summed E-state index contributed by atoms with van der Waals surface area (Å²) in [5.74, 6) is 0. The predicted molar refractivity (Wildman–Crippen MR) is 249 cm³/mol. The Hall–Kier alpha value is -7.42. The van der Waals surface area contributed by atoms with E-state index in [2.05, 4.69) is 217 Å². The molecule has 272 valence electrons. The second-order valence-electron chi connectivity index (χ2n) is 15.8. The highest BCUT2D eigenvalue weighted by Crippen LogP contribution is 2.47. The lowest BCUT2D eigenvalue weighted by molar-refractivity contribution is 1.01. The normalized spacial score (nSPS) is 12.0. The van der Waals surface area contributed by atoms with Crippen LogP contribution < -0.4 is 0 Å². The SMILES string of the molecule is Cn1c2ccccc2c2ccc(-c3cccc4c(-c5cc(-c6ccccc6)cc6ccccc56)c5cccc(-c6ccc7c8ccccc8n(C)c7c6)c5cc34)cc21. The number of benzene rings is 10. The molecule has 2 heteroatoms. The summed E-state index contributed by atoms with van der Waals surface area (Å²) in [6.45, 7) is 0. The summed E-state index contributed by atoms with van der Waals surface area (Å²) < 4.78 is 4.67. The highest BCUT2D eigenvalue weighted by Gasteiger charge is 2.20. The summed E-state index contributed by atoms with van der Waals surface area (Å²) >= 11 is 0. The fourth-order valence-corrected chi connectivity index (χ4v) is 9.93. The molecule has 0 amide bonds. The molecule has 2 heterocycles. The van der Waals surface area contributed by atoms with Crippen LogP contribution in [0.2, 0.25) is 0 Å². The predicted octanol–water partition coefficient (Wildman–Crippen LogP) is 15.1. The molecule has 0 N–H and O–H groups in total. The number of para-hydroxylation sites is 2. The van der Waals surface area contributed by atoms with E-state index in [1.807, 2.05) is 0 Å². The zero-order valence-corrected chi connectivity index (χ0v) is 32.4. The number of aryl methyl sites for hydroxylation is 2. The van der Waals surface area contributed by atoms with E-state index in [0.717, 1.165) is 0 Å². The second-order valence-corrected chi connectivity index (χ2v) is 15.8. The van der Waals surface area contributed by atoms with Crippen LogP contribution in [0.5, 0.6) is 0 Å². The quantitative estimate of drug-likeness (QED) is 0.159. The highest BCUT2D eigenvalue weighted by molar-refractivity contribution is 6.22. The van der Waals surface area contributed by atoms with Crippen molar-refractivity contribution in [1.29, 1.82) is 0 Å². The van der Waals surface area contributed by atoms with Gasteiger partial charge in [0.1, 0.15) is 0 Å². The molecule has 0 saturated heterocycles. The van der Waals surface area contributed by atoms with Gasteiger partial charge in [-0.15, -0.1) is 0 Å². The molecule has 58 heavy (non-hydrogen) atoms. The Morgan fingerprint density at radius 2 is 0.741 bits per heavy atom. The first-order valence-corrected chi connectivity index (χ1v) is 20.1. The van der Waals surface area contributed by atoms with E-state index in [1.165, 1.54) is 120 Å². The Labute approximate surface area is 336 Å². The van der Waals surface area contributed by atoms with Crippen LogP contribution in [0, 0.1) is 0 Å². The summed E-state index contributed by atoms with van der Waals surface area (Å²) in [4.78, 5) is 0. The van der Waals surface area contributed by atoms with Crippen LogP contribution in [-0.4, -0.2) is 9.13 Å². The molecule has 0 unspecified atom stereocenters. The van der Waals surface area contributed by atoms with E-state index in [1.54, 1.807) is 0 Å². The van der Waals surface area contributed by atoms with Crippen molar-refractivity contribution in [2.45, 2.75) is 0 Å². The van der Waals surface area contributed by atoms with E-state index >= 15 is 0 Å². The Bertz CT molecular complexity index is 3460. The third-order valence-electron chi connectivity index (χ3n) is 12.7. The van der Waals surface area contributed by atoms with Gasteiger partial charge >= 0.3 is 0 Å². The van der Waals surface area contributed by atoms with E-state index < -0.39 is 0 Å². The molecule has 0 bridgehead atoms. The third kappa shape index (κ3) is 4.79. The van der Waals surface area contributed by atoms with Crippen molar-refractivity contribution in [3.8, 4) is 44.5 Å². The Morgan fingerprint density at radius 3 is 1.33 bits per heavy atom. The lowest BCUT2D eigenvalue weighted by atomic mass is 9.84. The maximum absolute atomic E-state index is 2.47. The van der Waals surface area contributed by atoms with Crippen molar-refractivity contribution >= 4 is 75.9 Å². The molecule has 12 aromatic rings. The third-order valence-corrected chi connectivity index (χ3v) is 12.7.